The first kappa shape index (κ1) is 21.1. The summed E-state index contributed by atoms with van der Waals surface area (Å²) in [4.78, 5) is 22.4. The van der Waals surface area contributed by atoms with Gasteiger partial charge in [0.1, 0.15) is 11.4 Å². The summed E-state index contributed by atoms with van der Waals surface area (Å²) in [5.41, 5.74) is 0.676. The summed E-state index contributed by atoms with van der Waals surface area (Å²) in [5.74, 6) is 0.816. The second-order valence-electron chi connectivity index (χ2n) is 9.25. The highest BCUT2D eigenvalue weighted by atomic mass is 16.6. The molecule has 0 N–H and O–H groups in total. The number of likely N-dealkylation sites (tertiary alicyclic amines) is 1. The van der Waals surface area contributed by atoms with E-state index in [2.05, 4.69) is 17.9 Å². The van der Waals surface area contributed by atoms with Crippen LogP contribution in [0.5, 0.6) is 0 Å². The van der Waals surface area contributed by atoms with Crippen LogP contribution in [0, 0.1) is 0 Å². The van der Waals surface area contributed by atoms with Gasteiger partial charge in [0.25, 0.3) is 0 Å². The fourth-order valence-corrected chi connectivity index (χ4v) is 4.65. The highest BCUT2D eigenvalue weighted by Crippen LogP contribution is 2.38. The molecule has 1 saturated carbocycles. The number of ether oxygens (including phenoxy) is 1. The Kier molecular flexibility index (Phi) is 6.97. The molecule has 28 heavy (non-hydrogen) atoms. The molecular weight excluding hydrogens is 350 g/mol. The van der Waals surface area contributed by atoms with E-state index in [1.807, 2.05) is 37.9 Å². The fraction of sp³-hybridized carbons (Fsp3) is 0.739. The zero-order chi connectivity index (χ0) is 20.1. The van der Waals surface area contributed by atoms with Gasteiger partial charge in [0.2, 0.25) is 0 Å². The van der Waals surface area contributed by atoms with Gasteiger partial charge in [-0.15, -0.1) is 0 Å². The standard InChI is InChI=1S/C23H37N3O2/c1-5-16-25-17-9-8-14-20(25)19-13-10-15-24-21(19)26(18-11-6-7-12-18)22(27)28-23(2,3)4/h10,13,15,18,20H,5-9,11-12,14,16-17H2,1-4H3. The molecule has 1 aromatic rings. The second kappa shape index (κ2) is 9.25. The minimum Gasteiger partial charge on any atom is -0.443 e. The first-order valence-electron chi connectivity index (χ1n) is 11.1. The average Bonchev–Trinajstić information content (AvgIpc) is 3.16. The third-order valence-corrected chi connectivity index (χ3v) is 5.81. The first-order valence-corrected chi connectivity index (χ1v) is 11.1. The van der Waals surface area contributed by atoms with Crippen LogP contribution in [0.3, 0.4) is 0 Å². The molecule has 2 heterocycles. The largest absolute Gasteiger partial charge is 0.443 e. The van der Waals surface area contributed by atoms with E-state index >= 15 is 0 Å². The van der Waals surface area contributed by atoms with Gasteiger partial charge in [-0.25, -0.2) is 9.78 Å². The summed E-state index contributed by atoms with van der Waals surface area (Å²) >= 11 is 0. The smallest absolute Gasteiger partial charge is 0.416 e. The molecule has 0 bridgehead atoms. The monoisotopic (exact) mass is 387 g/mol. The van der Waals surface area contributed by atoms with Crippen molar-refractivity contribution in [2.45, 2.75) is 96.7 Å². The van der Waals surface area contributed by atoms with Crippen LogP contribution in [0.15, 0.2) is 18.3 Å². The van der Waals surface area contributed by atoms with Crippen molar-refractivity contribution < 1.29 is 9.53 Å². The Morgan fingerprint density at radius 3 is 2.61 bits per heavy atom. The summed E-state index contributed by atoms with van der Waals surface area (Å²) in [6, 6.07) is 4.71. The number of nitrogens with zero attached hydrogens (tertiary/aromatic N) is 3. The molecule has 0 radical (unpaired) electrons. The summed E-state index contributed by atoms with van der Waals surface area (Å²) < 4.78 is 5.82. The van der Waals surface area contributed by atoms with Crippen molar-refractivity contribution in [3.8, 4) is 0 Å². The van der Waals surface area contributed by atoms with Gasteiger partial charge in [0.05, 0.1) is 0 Å². The van der Waals surface area contributed by atoms with Gasteiger partial charge in [-0.2, -0.15) is 0 Å². The lowest BCUT2D eigenvalue weighted by molar-refractivity contribution is 0.0563. The van der Waals surface area contributed by atoms with Crippen LogP contribution in [-0.2, 0) is 4.74 Å². The Labute approximate surface area is 170 Å². The normalized spacial score (nSPS) is 21.6. The Balaban J connectivity index is 1.97. The molecule has 5 nitrogen and oxygen atoms in total. The number of amides is 1. The van der Waals surface area contributed by atoms with Crippen LogP contribution < -0.4 is 4.90 Å². The second-order valence-corrected chi connectivity index (χ2v) is 9.25. The number of hydrogen-bond acceptors (Lipinski definition) is 4. The molecule has 2 aliphatic rings. The maximum absolute atomic E-state index is 13.2. The topological polar surface area (TPSA) is 45.7 Å². The van der Waals surface area contributed by atoms with Crippen LogP contribution in [0.25, 0.3) is 0 Å². The number of pyridine rings is 1. The van der Waals surface area contributed by atoms with Crippen molar-refractivity contribution >= 4 is 11.9 Å². The number of carbonyl (C=O) groups excluding carboxylic acids is 1. The summed E-state index contributed by atoms with van der Waals surface area (Å²) in [7, 11) is 0. The van der Waals surface area contributed by atoms with Crippen LogP contribution in [0.2, 0.25) is 0 Å². The van der Waals surface area contributed by atoms with Crippen LogP contribution in [0.4, 0.5) is 10.6 Å². The molecule has 0 aromatic carbocycles. The van der Waals surface area contributed by atoms with Gasteiger partial charge in [0.15, 0.2) is 0 Å². The van der Waals surface area contributed by atoms with E-state index in [0.717, 1.165) is 57.4 Å². The quantitative estimate of drug-likeness (QED) is 0.650. The lowest BCUT2D eigenvalue weighted by Gasteiger charge is -2.38. The van der Waals surface area contributed by atoms with Crippen molar-refractivity contribution in [1.29, 1.82) is 0 Å². The molecule has 0 spiro atoms. The van der Waals surface area contributed by atoms with Gasteiger partial charge in [-0.1, -0.05) is 32.3 Å². The molecule has 1 aromatic heterocycles. The van der Waals surface area contributed by atoms with Gasteiger partial charge in [-0.3, -0.25) is 9.80 Å². The minimum absolute atomic E-state index is 0.187. The predicted octanol–water partition coefficient (Wildman–Crippen LogP) is 5.70. The van der Waals surface area contributed by atoms with E-state index in [0.29, 0.717) is 6.04 Å². The molecule has 1 amide bonds. The lowest BCUT2D eigenvalue weighted by Crippen LogP contribution is -2.44. The number of rotatable bonds is 5. The number of hydrogen-bond donors (Lipinski definition) is 0. The summed E-state index contributed by atoms with van der Waals surface area (Å²) in [6.07, 6.45) is 10.7. The van der Waals surface area contributed by atoms with Crippen molar-refractivity contribution in [1.82, 2.24) is 9.88 Å². The van der Waals surface area contributed by atoms with Gasteiger partial charge in [-0.05, 0) is 72.0 Å². The third-order valence-electron chi connectivity index (χ3n) is 5.81. The molecule has 1 atom stereocenters. The molecule has 1 aliphatic carbocycles. The Bertz CT molecular complexity index is 647. The van der Waals surface area contributed by atoms with Gasteiger partial charge >= 0.3 is 6.09 Å². The highest BCUT2D eigenvalue weighted by molar-refractivity contribution is 5.88. The van der Waals surface area contributed by atoms with Crippen molar-refractivity contribution in [3.63, 3.8) is 0 Å². The number of carbonyl (C=O) groups is 1. The maximum Gasteiger partial charge on any atom is 0.416 e. The van der Waals surface area contributed by atoms with E-state index in [1.165, 1.54) is 18.4 Å². The average molecular weight is 388 g/mol. The molecule has 1 aliphatic heterocycles. The van der Waals surface area contributed by atoms with Crippen molar-refractivity contribution in [2.24, 2.45) is 0 Å². The van der Waals surface area contributed by atoms with Crippen LogP contribution in [-0.4, -0.2) is 40.7 Å². The SMILES string of the molecule is CCCN1CCCCC1c1cccnc1N(C(=O)OC(C)(C)C)C1CCCC1. The summed E-state index contributed by atoms with van der Waals surface area (Å²) in [5, 5.41) is 0. The molecule has 1 unspecified atom stereocenters. The van der Waals surface area contributed by atoms with Crippen molar-refractivity contribution in [3.05, 3.63) is 23.9 Å². The first-order chi connectivity index (χ1) is 13.4. The highest BCUT2D eigenvalue weighted by Gasteiger charge is 2.36. The molecule has 156 valence electrons. The van der Waals surface area contributed by atoms with E-state index in [4.69, 9.17) is 9.72 Å². The molecular formula is C23H37N3O2. The summed E-state index contributed by atoms with van der Waals surface area (Å²) in [6.45, 7) is 10.3. The van der Waals surface area contributed by atoms with Gasteiger partial charge < -0.3 is 4.74 Å². The minimum atomic E-state index is -0.512. The van der Waals surface area contributed by atoms with E-state index < -0.39 is 5.60 Å². The zero-order valence-corrected chi connectivity index (χ0v) is 18.1. The molecule has 3 rings (SSSR count). The number of aromatic nitrogens is 1. The maximum atomic E-state index is 13.2. The third kappa shape index (κ3) is 5.05. The van der Waals surface area contributed by atoms with Crippen molar-refractivity contribution in [2.75, 3.05) is 18.0 Å². The van der Waals surface area contributed by atoms with E-state index in [-0.39, 0.29) is 12.1 Å². The van der Waals surface area contributed by atoms with Gasteiger partial charge in [0, 0.05) is 23.8 Å². The molecule has 2 fully saturated rings. The van der Waals surface area contributed by atoms with E-state index in [1.54, 1.807) is 0 Å². The predicted molar refractivity (Wildman–Crippen MR) is 114 cm³/mol. The Hall–Kier alpha value is -1.62. The number of piperidine rings is 1. The van der Waals surface area contributed by atoms with Crippen LogP contribution in [0.1, 0.15) is 90.7 Å². The van der Waals surface area contributed by atoms with E-state index in [9.17, 15) is 4.79 Å². The number of anilines is 1. The Morgan fingerprint density at radius 1 is 1.21 bits per heavy atom. The molecule has 5 heteroatoms. The lowest BCUT2D eigenvalue weighted by atomic mass is 9.94. The fourth-order valence-electron chi connectivity index (χ4n) is 4.65. The zero-order valence-electron chi connectivity index (χ0n) is 18.1. The van der Waals surface area contributed by atoms with Crippen LogP contribution >= 0.6 is 0 Å². The Morgan fingerprint density at radius 2 is 1.93 bits per heavy atom. The molecule has 1 saturated heterocycles.